The second-order valence-corrected chi connectivity index (χ2v) is 5.48. The van der Waals surface area contributed by atoms with Crippen LogP contribution in [0.25, 0.3) is 10.9 Å². The maximum absolute atomic E-state index is 4.78. The molecule has 0 aliphatic carbocycles. The van der Waals surface area contributed by atoms with E-state index in [0.717, 1.165) is 24.1 Å². The molecule has 1 heterocycles. The van der Waals surface area contributed by atoms with Crippen molar-refractivity contribution in [2.75, 3.05) is 12.4 Å². The predicted molar refractivity (Wildman–Crippen MR) is 82.5 cm³/mol. The van der Waals surface area contributed by atoms with Crippen LogP contribution in [-0.2, 0) is 6.42 Å². The molecule has 1 aromatic heterocycles. The van der Waals surface area contributed by atoms with Crippen LogP contribution in [0, 0.1) is 13.8 Å². The molecule has 0 bridgehead atoms. The van der Waals surface area contributed by atoms with Gasteiger partial charge in [0.05, 0.1) is 5.52 Å². The van der Waals surface area contributed by atoms with Gasteiger partial charge in [0.2, 0.25) is 0 Å². The molecule has 0 saturated carbocycles. The molecule has 1 N–H and O–H groups in total. The van der Waals surface area contributed by atoms with Crippen LogP contribution < -0.4 is 5.32 Å². The zero-order valence-electron chi connectivity index (χ0n) is 11.4. The summed E-state index contributed by atoms with van der Waals surface area (Å²) in [6.07, 6.45) is 2.15. The number of fused-ring (bicyclic) bond motifs is 1. The van der Waals surface area contributed by atoms with Crippen LogP contribution in [0.3, 0.4) is 0 Å². The van der Waals surface area contributed by atoms with Gasteiger partial charge in [0, 0.05) is 28.3 Å². The van der Waals surface area contributed by atoms with Gasteiger partial charge in [-0.2, -0.15) is 0 Å². The fourth-order valence-corrected chi connectivity index (χ4v) is 2.69. The summed E-state index contributed by atoms with van der Waals surface area (Å²) in [5.41, 5.74) is 5.91. The summed E-state index contributed by atoms with van der Waals surface area (Å²) in [5, 5.41) is 4.51. The maximum Gasteiger partial charge on any atom is 0.0732 e. The van der Waals surface area contributed by atoms with Crippen molar-refractivity contribution in [1.29, 1.82) is 0 Å². The summed E-state index contributed by atoms with van der Waals surface area (Å²) in [7, 11) is 1.97. The van der Waals surface area contributed by atoms with Crippen LogP contribution >= 0.6 is 15.9 Å². The number of hydrogen-bond donors (Lipinski definition) is 1. The van der Waals surface area contributed by atoms with Crippen LogP contribution in [0.1, 0.15) is 30.2 Å². The van der Waals surface area contributed by atoms with Crippen molar-refractivity contribution >= 4 is 32.5 Å². The lowest BCUT2D eigenvalue weighted by molar-refractivity contribution is 0.890. The molecule has 0 aliphatic rings. The number of halogens is 1. The first-order valence-electron chi connectivity index (χ1n) is 6.35. The van der Waals surface area contributed by atoms with Gasteiger partial charge in [0.25, 0.3) is 0 Å². The molecule has 18 heavy (non-hydrogen) atoms. The molecule has 2 nitrogen and oxygen atoms in total. The third kappa shape index (κ3) is 2.24. The van der Waals surface area contributed by atoms with Gasteiger partial charge in [0.1, 0.15) is 0 Å². The number of aryl methyl sites for hydroxylation is 3. The molecule has 96 valence electrons. The summed E-state index contributed by atoms with van der Waals surface area (Å²) >= 11 is 3.66. The standard InChI is InChI=1S/C15H19BrN2/c1-5-6-11-8-12(17-4)14-10(3)15(16)9(2)7-13(14)18-11/h7-8H,5-6H2,1-4H3,(H,17,18). The van der Waals surface area contributed by atoms with E-state index >= 15 is 0 Å². The highest BCUT2D eigenvalue weighted by Crippen LogP contribution is 2.33. The van der Waals surface area contributed by atoms with Crippen LogP contribution in [0.2, 0.25) is 0 Å². The Hall–Kier alpha value is -1.09. The zero-order valence-corrected chi connectivity index (χ0v) is 13.0. The Morgan fingerprint density at radius 3 is 2.61 bits per heavy atom. The third-order valence-corrected chi connectivity index (χ3v) is 4.50. The first kappa shape index (κ1) is 13.3. The van der Waals surface area contributed by atoms with Crippen molar-refractivity contribution in [3.63, 3.8) is 0 Å². The summed E-state index contributed by atoms with van der Waals surface area (Å²) < 4.78 is 1.18. The van der Waals surface area contributed by atoms with Crippen molar-refractivity contribution in [3.05, 3.63) is 33.4 Å². The molecule has 0 fully saturated rings. The molecule has 2 aromatic rings. The van der Waals surface area contributed by atoms with Gasteiger partial charge >= 0.3 is 0 Å². The van der Waals surface area contributed by atoms with E-state index < -0.39 is 0 Å². The van der Waals surface area contributed by atoms with Crippen molar-refractivity contribution in [3.8, 4) is 0 Å². The van der Waals surface area contributed by atoms with Crippen molar-refractivity contribution in [1.82, 2.24) is 4.98 Å². The monoisotopic (exact) mass is 306 g/mol. The number of rotatable bonds is 3. The molecule has 0 unspecified atom stereocenters. The summed E-state index contributed by atoms with van der Waals surface area (Å²) in [6, 6.07) is 4.33. The highest BCUT2D eigenvalue weighted by atomic mass is 79.9. The molecule has 1 aromatic carbocycles. The van der Waals surface area contributed by atoms with E-state index in [0.29, 0.717) is 0 Å². The fourth-order valence-electron chi connectivity index (χ4n) is 2.37. The lowest BCUT2D eigenvalue weighted by atomic mass is 10.0. The van der Waals surface area contributed by atoms with Crippen LogP contribution in [0.15, 0.2) is 16.6 Å². The second-order valence-electron chi connectivity index (χ2n) is 4.69. The zero-order chi connectivity index (χ0) is 13.3. The number of nitrogens with zero attached hydrogens (tertiary/aromatic N) is 1. The second kappa shape index (κ2) is 5.27. The Kier molecular flexibility index (Phi) is 3.91. The van der Waals surface area contributed by atoms with Gasteiger partial charge in [-0.3, -0.25) is 4.98 Å². The van der Waals surface area contributed by atoms with Crippen molar-refractivity contribution in [2.24, 2.45) is 0 Å². The minimum absolute atomic E-state index is 1.03. The SMILES string of the molecule is CCCc1cc(NC)c2c(C)c(Br)c(C)cc2n1. The molecular weight excluding hydrogens is 288 g/mol. The first-order valence-corrected chi connectivity index (χ1v) is 7.14. The van der Waals surface area contributed by atoms with E-state index in [1.807, 2.05) is 7.05 Å². The average Bonchev–Trinajstić information content (AvgIpc) is 2.35. The molecule has 0 aliphatic heterocycles. The van der Waals surface area contributed by atoms with E-state index in [-0.39, 0.29) is 0 Å². The van der Waals surface area contributed by atoms with Gasteiger partial charge in [-0.15, -0.1) is 0 Å². The van der Waals surface area contributed by atoms with E-state index in [9.17, 15) is 0 Å². The highest BCUT2D eigenvalue weighted by molar-refractivity contribution is 9.10. The van der Waals surface area contributed by atoms with Crippen LogP contribution in [0.4, 0.5) is 5.69 Å². The number of pyridine rings is 1. The average molecular weight is 307 g/mol. The van der Waals surface area contributed by atoms with Gasteiger partial charge in [0.15, 0.2) is 0 Å². The molecule has 0 amide bonds. The minimum Gasteiger partial charge on any atom is -0.388 e. The maximum atomic E-state index is 4.78. The largest absolute Gasteiger partial charge is 0.388 e. The molecule has 0 radical (unpaired) electrons. The summed E-state index contributed by atoms with van der Waals surface area (Å²) in [4.78, 5) is 4.78. The number of nitrogens with one attached hydrogen (secondary N) is 1. The Bertz CT molecular complexity index is 591. The van der Waals surface area contributed by atoms with Crippen LogP contribution in [-0.4, -0.2) is 12.0 Å². The van der Waals surface area contributed by atoms with E-state index in [2.05, 4.69) is 54.2 Å². The fraction of sp³-hybridized carbons (Fsp3) is 0.400. The van der Waals surface area contributed by atoms with Gasteiger partial charge in [-0.25, -0.2) is 0 Å². The smallest absolute Gasteiger partial charge is 0.0732 e. The van der Waals surface area contributed by atoms with Gasteiger partial charge < -0.3 is 5.32 Å². The third-order valence-electron chi connectivity index (χ3n) is 3.28. The van der Waals surface area contributed by atoms with Gasteiger partial charge in [-0.1, -0.05) is 29.3 Å². The Morgan fingerprint density at radius 2 is 2.00 bits per heavy atom. The number of aromatic nitrogens is 1. The predicted octanol–water partition coefficient (Wildman–Crippen LogP) is 4.61. The Balaban J connectivity index is 2.79. The number of benzene rings is 1. The van der Waals surface area contributed by atoms with Crippen molar-refractivity contribution < 1.29 is 0 Å². The molecular formula is C15H19BrN2. The Labute approximate surface area is 117 Å². The molecule has 0 spiro atoms. The lowest BCUT2D eigenvalue weighted by Crippen LogP contribution is -1.99. The summed E-state index contributed by atoms with van der Waals surface area (Å²) in [6.45, 7) is 6.44. The quantitative estimate of drug-likeness (QED) is 0.896. The van der Waals surface area contributed by atoms with Crippen LogP contribution in [0.5, 0.6) is 0 Å². The van der Waals surface area contributed by atoms with Crippen molar-refractivity contribution in [2.45, 2.75) is 33.6 Å². The molecule has 3 heteroatoms. The lowest BCUT2D eigenvalue weighted by Gasteiger charge is -2.14. The number of anilines is 1. The number of hydrogen-bond acceptors (Lipinski definition) is 2. The topological polar surface area (TPSA) is 24.9 Å². The highest BCUT2D eigenvalue weighted by Gasteiger charge is 2.11. The molecule has 0 saturated heterocycles. The van der Waals surface area contributed by atoms with E-state index in [1.54, 1.807) is 0 Å². The molecule has 0 atom stereocenters. The summed E-state index contributed by atoms with van der Waals surface area (Å²) in [5.74, 6) is 0. The van der Waals surface area contributed by atoms with E-state index in [1.165, 1.54) is 26.7 Å². The van der Waals surface area contributed by atoms with Gasteiger partial charge in [-0.05, 0) is 43.5 Å². The molecule has 2 rings (SSSR count). The first-order chi connectivity index (χ1) is 8.58. The Morgan fingerprint density at radius 1 is 1.28 bits per heavy atom. The minimum atomic E-state index is 1.03. The van der Waals surface area contributed by atoms with E-state index in [4.69, 9.17) is 4.98 Å². The normalized spacial score (nSPS) is 10.9.